The third kappa shape index (κ3) is 2.94. The van der Waals surface area contributed by atoms with Crippen molar-refractivity contribution in [2.45, 2.75) is 11.8 Å². The summed E-state index contributed by atoms with van der Waals surface area (Å²) in [7, 11) is -3.33. The first kappa shape index (κ1) is 13.1. The third-order valence-electron chi connectivity index (χ3n) is 2.43. The highest BCUT2D eigenvalue weighted by molar-refractivity contribution is 7.90. The zero-order valence-electron chi connectivity index (χ0n) is 10.2. The van der Waals surface area contributed by atoms with E-state index in [0.29, 0.717) is 5.69 Å². The summed E-state index contributed by atoms with van der Waals surface area (Å²) in [5.41, 5.74) is 1.11. The van der Waals surface area contributed by atoms with Gasteiger partial charge in [-0.3, -0.25) is 4.79 Å². The number of nitrogens with one attached hydrogen (secondary N) is 2. The Labute approximate surface area is 109 Å². The first-order chi connectivity index (χ1) is 8.88. The van der Waals surface area contributed by atoms with E-state index in [1.165, 1.54) is 12.1 Å². The molecule has 2 N–H and O–H groups in total. The fraction of sp³-hybridized carbons (Fsp3) is 0.200. The Balaban J connectivity index is 2.32. The Morgan fingerprint density at radius 2 is 2.11 bits per heavy atom. The molecule has 0 unspecified atom stereocenters. The second-order valence-electron chi connectivity index (χ2n) is 3.94. The van der Waals surface area contributed by atoms with E-state index in [1.807, 2.05) is 0 Å². The smallest absolute Gasteiger partial charge is 0.297 e. The van der Waals surface area contributed by atoms with Gasteiger partial charge in [-0.25, -0.2) is 8.42 Å². The average molecular weight is 281 g/mol. The Morgan fingerprint density at radius 1 is 1.37 bits per heavy atom. The maximum Gasteiger partial charge on any atom is 0.297 e. The fourth-order valence-electron chi connectivity index (χ4n) is 1.40. The van der Waals surface area contributed by atoms with Gasteiger partial charge in [0.05, 0.1) is 4.90 Å². The molecule has 100 valence electrons. The normalized spacial score (nSPS) is 11.3. The lowest BCUT2D eigenvalue weighted by Crippen LogP contribution is -2.15. The van der Waals surface area contributed by atoms with Gasteiger partial charge in [0.25, 0.3) is 11.7 Å². The van der Waals surface area contributed by atoms with E-state index in [0.717, 1.165) is 11.8 Å². The van der Waals surface area contributed by atoms with Gasteiger partial charge in [-0.15, -0.1) is 10.2 Å². The minimum Gasteiger partial charge on any atom is -0.319 e. The number of hydrogen-bond donors (Lipinski definition) is 2. The number of nitrogens with zero attached hydrogens (tertiary/aromatic N) is 3. The number of aromatic nitrogens is 4. The summed E-state index contributed by atoms with van der Waals surface area (Å²) in [6.45, 7) is 1.75. The van der Waals surface area contributed by atoms with Crippen LogP contribution in [0.5, 0.6) is 0 Å². The summed E-state index contributed by atoms with van der Waals surface area (Å²) < 4.78 is 22.9. The molecule has 0 fully saturated rings. The topological polar surface area (TPSA) is 118 Å². The number of amides is 1. The maximum atomic E-state index is 11.7. The lowest BCUT2D eigenvalue weighted by molar-refractivity contribution is 0.101. The molecule has 0 aliphatic heterocycles. The molecule has 0 radical (unpaired) electrons. The van der Waals surface area contributed by atoms with Gasteiger partial charge in [-0.2, -0.15) is 5.21 Å². The Morgan fingerprint density at radius 3 is 2.68 bits per heavy atom. The van der Waals surface area contributed by atoms with E-state index in [-0.39, 0.29) is 10.7 Å². The van der Waals surface area contributed by atoms with Crippen LogP contribution < -0.4 is 5.32 Å². The first-order valence-electron chi connectivity index (χ1n) is 5.23. The molecule has 2 aromatic rings. The quantitative estimate of drug-likeness (QED) is 0.827. The molecule has 19 heavy (non-hydrogen) atoms. The number of sulfone groups is 1. The summed E-state index contributed by atoms with van der Waals surface area (Å²) in [6, 6.07) is 4.49. The molecule has 0 aliphatic rings. The van der Waals surface area contributed by atoms with Crippen molar-refractivity contribution in [1.82, 2.24) is 20.6 Å². The van der Waals surface area contributed by atoms with Crippen molar-refractivity contribution in [3.63, 3.8) is 0 Å². The van der Waals surface area contributed by atoms with Gasteiger partial charge in [-0.1, -0.05) is 6.07 Å². The molecule has 0 saturated carbocycles. The second-order valence-corrected chi connectivity index (χ2v) is 5.95. The number of aryl methyl sites for hydroxylation is 1. The number of rotatable bonds is 3. The molecule has 0 aliphatic carbocycles. The van der Waals surface area contributed by atoms with Gasteiger partial charge in [0.2, 0.25) is 0 Å². The molecular formula is C10H11N5O3S. The molecule has 0 spiro atoms. The van der Waals surface area contributed by atoms with Crippen LogP contribution in [0.3, 0.4) is 0 Å². The van der Waals surface area contributed by atoms with E-state index in [4.69, 9.17) is 0 Å². The van der Waals surface area contributed by atoms with Crippen molar-refractivity contribution in [3.05, 3.63) is 29.6 Å². The highest BCUT2D eigenvalue weighted by Crippen LogP contribution is 2.20. The predicted molar refractivity (Wildman–Crippen MR) is 66.4 cm³/mol. The van der Waals surface area contributed by atoms with Crippen LogP contribution in [0, 0.1) is 6.92 Å². The Bertz CT molecular complexity index is 709. The molecule has 0 atom stereocenters. The number of anilines is 1. The molecule has 0 saturated heterocycles. The van der Waals surface area contributed by atoms with Crippen LogP contribution >= 0.6 is 0 Å². The van der Waals surface area contributed by atoms with Crippen LogP contribution in [0.2, 0.25) is 0 Å². The lowest BCUT2D eigenvalue weighted by atomic mass is 10.2. The van der Waals surface area contributed by atoms with Crippen LogP contribution in [0.15, 0.2) is 23.1 Å². The summed E-state index contributed by atoms with van der Waals surface area (Å²) in [4.78, 5) is 11.9. The van der Waals surface area contributed by atoms with Crippen LogP contribution in [0.1, 0.15) is 16.2 Å². The van der Waals surface area contributed by atoms with Crippen LogP contribution in [0.25, 0.3) is 0 Å². The maximum absolute atomic E-state index is 11.7. The minimum absolute atomic E-state index is 0.121. The summed E-state index contributed by atoms with van der Waals surface area (Å²) in [6.07, 6.45) is 1.10. The van der Waals surface area contributed by atoms with E-state index < -0.39 is 15.7 Å². The molecule has 9 heteroatoms. The van der Waals surface area contributed by atoms with Crippen molar-refractivity contribution in [2.24, 2.45) is 0 Å². The van der Waals surface area contributed by atoms with E-state index >= 15 is 0 Å². The zero-order chi connectivity index (χ0) is 14.0. The van der Waals surface area contributed by atoms with Crippen molar-refractivity contribution in [3.8, 4) is 0 Å². The van der Waals surface area contributed by atoms with Crippen LogP contribution in [0.4, 0.5) is 5.69 Å². The molecular weight excluding hydrogens is 270 g/mol. The molecule has 1 heterocycles. The van der Waals surface area contributed by atoms with Crippen molar-refractivity contribution in [2.75, 3.05) is 11.6 Å². The number of H-pyrrole nitrogens is 1. The second kappa shape index (κ2) is 4.76. The minimum atomic E-state index is -3.33. The van der Waals surface area contributed by atoms with Crippen molar-refractivity contribution in [1.29, 1.82) is 0 Å². The van der Waals surface area contributed by atoms with Crippen molar-refractivity contribution < 1.29 is 13.2 Å². The molecule has 1 amide bonds. The Kier molecular flexibility index (Phi) is 3.30. The van der Waals surface area contributed by atoms with E-state index in [1.54, 1.807) is 13.0 Å². The summed E-state index contributed by atoms with van der Waals surface area (Å²) in [5, 5.41) is 15.0. The number of benzene rings is 1. The Hall–Kier alpha value is -2.29. The number of carbonyl (C=O) groups is 1. The summed E-state index contributed by atoms with van der Waals surface area (Å²) in [5.74, 6) is -0.688. The highest BCUT2D eigenvalue weighted by atomic mass is 32.2. The van der Waals surface area contributed by atoms with Gasteiger partial charge < -0.3 is 5.32 Å². The molecule has 1 aromatic heterocycles. The fourth-order valence-corrected chi connectivity index (χ4v) is 2.05. The standard InChI is InChI=1S/C10H11N5O3S/c1-6-3-4-7(19(2,17)18)5-8(6)11-10(16)9-12-14-15-13-9/h3-5H,1-2H3,(H,11,16)(H,12,13,14,15). The first-order valence-corrected chi connectivity index (χ1v) is 7.12. The predicted octanol–water partition coefficient (Wildman–Crippen LogP) is 0.164. The van der Waals surface area contributed by atoms with E-state index in [9.17, 15) is 13.2 Å². The average Bonchev–Trinajstić information content (AvgIpc) is 2.84. The van der Waals surface area contributed by atoms with Gasteiger partial charge in [0.15, 0.2) is 9.84 Å². The van der Waals surface area contributed by atoms with Gasteiger partial charge in [0.1, 0.15) is 0 Å². The largest absolute Gasteiger partial charge is 0.319 e. The number of hydrogen-bond acceptors (Lipinski definition) is 6. The van der Waals surface area contributed by atoms with Gasteiger partial charge in [0, 0.05) is 11.9 Å². The molecule has 8 nitrogen and oxygen atoms in total. The number of aromatic amines is 1. The molecule has 0 bridgehead atoms. The van der Waals surface area contributed by atoms with Crippen molar-refractivity contribution >= 4 is 21.4 Å². The number of tetrazole rings is 1. The molecule has 1 aromatic carbocycles. The zero-order valence-corrected chi connectivity index (χ0v) is 11.0. The van der Waals surface area contributed by atoms with E-state index in [2.05, 4.69) is 25.9 Å². The molecule has 2 rings (SSSR count). The monoisotopic (exact) mass is 281 g/mol. The van der Waals surface area contributed by atoms with Crippen LogP contribution in [-0.2, 0) is 9.84 Å². The van der Waals surface area contributed by atoms with Gasteiger partial charge >= 0.3 is 0 Å². The number of carbonyl (C=O) groups excluding carboxylic acids is 1. The summed E-state index contributed by atoms with van der Waals surface area (Å²) >= 11 is 0. The lowest BCUT2D eigenvalue weighted by Gasteiger charge is -2.08. The highest BCUT2D eigenvalue weighted by Gasteiger charge is 2.14. The van der Waals surface area contributed by atoms with Gasteiger partial charge in [-0.05, 0) is 29.8 Å². The SMILES string of the molecule is Cc1ccc(S(C)(=O)=O)cc1NC(=O)c1nn[nH]n1. The van der Waals surface area contributed by atoms with Crippen LogP contribution in [-0.4, -0.2) is 41.2 Å². The third-order valence-corrected chi connectivity index (χ3v) is 3.54.